The van der Waals surface area contributed by atoms with Crippen molar-refractivity contribution in [3.8, 4) is 101 Å². The highest BCUT2D eigenvalue weighted by atomic mass is 16.5. The van der Waals surface area contributed by atoms with Gasteiger partial charge in [0.15, 0.2) is 0 Å². The van der Waals surface area contributed by atoms with Crippen molar-refractivity contribution in [1.82, 2.24) is 39.9 Å². The van der Waals surface area contributed by atoms with Crippen LogP contribution in [0.25, 0.3) is 182 Å². The normalized spacial score (nSPS) is 12.0. The molecule has 6 aromatic heterocycles. The number of H-pyrrole nitrogens is 4. The minimum absolute atomic E-state index is 0.00801. The molecule has 12 heteroatoms. The molecule has 10 heterocycles. The number of nitrogens with zero attached hydrogens (tertiary/aromatic N) is 4. The maximum Gasteiger partial charge on any atom is 0.311 e. The predicted octanol–water partition coefficient (Wildman–Crippen LogP) is 22.6. The number of hydrogen-bond acceptors (Lipinski definition) is 8. The van der Waals surface area contributed by atoms with Crippen LogP contribution >= 0.6 is 0 Å². The fourth-order valence-corrected chi connectivity index (χ4v) is 14.6. The summed E-state index contributed by atoms with van der Waals surface area (Å²) in [4.78, 5) is 64.2. The van der Waals surface area contributed by atoms with E-state index < -0.39 is 11.9 Å². The molecular weight excluding hydrogens is 1290 g/mol. The van der Waals surface area contributed by atoms with Crippen molar-refractivity contribution >= 4 is 105 Å². The van der Waals surface area contributed by atoms with Gasteiger partial charge in [-0.15, -0.1) is 0 Å². The summed E-state index contributed by atoms with van der Waals surface area (Å²) in [6, 6.07) is 93.9. The summed E-state index contributed by atoms with van der Waals surface area (Å²) in [7, 11) is 0. The van der Waals surface area contributed by atoms with Gasteiger partial charge in [0.1, 0.15) is 11.5 Å². The largest absolute Gasteiger partial charge is 0.427 e. The van der Waals surface area contributed by atoms with Crippen LogP contribution in [0.2, 0.25) is 0 Å². The maximum atomic E-state index is 13.6. The second-order valence-corrected chi connectivity index (χ2v) is 26.1. The molecule has 0 fully saturated rings. The molecule has 16 bridgehead atoms. The molecule has 0 aliphatic carbocycles. The summed E-state index contributed by atoms with van der Waals surface area (Å²) in [5.41, 5.74) is 28.8. The zero-order valence-electron chi connectivity index (χ0n) is 56.7. The Labute approximate surface area is 604 Å². The third-order valence-electron chi connectivity index (χ3n) is 19.4. The lowest BCUT2D eigenvalue weighted by atomic mass is 10.0. The van der Waals surface area contributed by atoms with Gasteiger partial charge in [0.2, 0.25) is 0 Å². The van der Waals surface area contributed by atoms with Crippen LogP contribution in [-0.2, 0) is 9.59 Å². The summed E-state index contributed by atoms with van der Waals surface area (Å²) in [5, 5.41) is 0. The number of ether oxygens (including phenoxy) is 2. The average Bonchev–Trinajstić information content (AvgIpc) is 1.63. The van der Waals surface area contributed by atoms with E-state index in [1.807, 2.05) is 109 Å². The Morgan fingerprint density at radius 1 is 0.219 bits per heavy atom. The van der Waals surface area contributed by atoms with Crippen LogP contribution in [0, 0.1) is 0 Å². The lowest BCUT2D eigenvalue weighted by molar-refractivity contribution is -0.136. The molecule has 12 nitrogen and oxygen atoms in total. The van der Waals surface area contributed by atoms with E-state index in [1.165, 1.54) is 0 Å². The number of carbonyl (C=O) groups excluding carboxylic acids is 2. The molecule has 105 heavy (non-hydrogen) atoms. The van der Waals surface area contributed by atoms with Gasteiger partial charge >= 0.3 is 11.9 Å². The monoisotopic (exact) mass is 1360 g/mol. The Hall–Kier alpha value is -14.1. The van der Waals surface area contributed by atoms with Gasteiger partial charge in [0, 0.05) is 101 Å². The van der Waals surface area contributed by atoms with Crippen LogP contribution in [0.3, 0.4) is 0 Å². The second-order valence-electron chi connectivity index (χ2n) is 26.1. The molecule has 0 saturated heterocycles. The van der Waals surface area contributed by atoms with Crippen molar-refractivity contribution in [1.29, 1.82) is 0 Å². The molecule has 4 aliphatic heterocycles. The highest BCUT2D eigenvalue weighted by Gasteiger charge is 2.23. The first-order valence-electron chi connectivity index (χ1n) is 35.1. The van der Waals surface area contributed by atoms with Crippen molar-refractivity contribution in [3.05, 3.63) is 325 Å². The van der Waals surface area contributed by atoms with Gasteiger partial charge in [-0.05, 0) is 172 Å². The highest BCUT2D eigenvalue weighted by Crippen LogP contribution is 2.42. The third-order valence-corrected chi connectivity index (χ3v) is 19.4. The quantitative estimate of drug-likeness (QED) is 0.0616. The van der Waals surface area contributed by atoms with Crippen molar-refractivity contribution in [2.45, 2.75) is 19.3 Å². The van der Waals surface area contributed by atoms with Gasteiger partial charge in [0.05, 0.1) is 45.6 Å². The maximum absolute atomic E-state index is 13.6. The Kier molecular flexibility index (Phi) is 16.5. The summed E-state index contributed by atoms with van der Waals surface area (Å²) in [6.45, 7) is 0. The van der Waals surface area contributed by atoms with Gasteiger partial charge in [-0.2, -0.15) is 0 Å². The van der Waals surface area contributed by atoms with E-state index in [4.69, 9.17) is 29.4 Å². The number of carbonyl (C=O) groups is 2. The average molecular weight is 1360 g/mol. The summed E-state index contributed by atoms with van der Waals surface area (Å²) >= 11 is 0. The van der Waals surface area contributed by atoms with Crippen LogP contribution in [0.15, 0.2) is 279 Å². The Morgan fingerprint density at radius 2 is 0.390 bits per heavy atom. The SMILES string of the molecule is O=C(CCCC(=O)Oc1ccc(-c2c3nc(c(-c4ccccc4)c4ccc([nH]4)c(-c4ccccc4)c4nc(c(-c5ccccc5)c5ccc2[nH]5)C=C4)C=C3)cc1)Oc1ccc(-c2c3nc(c(-c4ccccc4)c4ccc([nH]4)c(-c4ccccc4)c4nc(c(-c5ccccc5)c5ccc2[nH]5)C=C4)C=C3)cc1. The van der Waals surface area contributed by atoms with Crippen LogP contribution in [0.5, 0.6) is 11.5 Å². The van der Waals surface area contributed by atoms with E-state index in [0.29, 0.717) is 11.5 Å². The molecule has 4 aliphatic rings. The standard InChI is InChI=1S/C93H64N8O4/c102-84(104-66-38-34-64(35-39-66)92-80-54-50-76(98-80)88(60-24-11-3-12-25-60)72-46-42-68(94-72)86(58-20-7-1-8-21-58)69-43-47-73(95-69)89(61-26-13-4-14-27-61)77-51-55-81(92)99-77)32-19-33-85(103)105-67-40-36-65(37-41-67)93-82-56-52-78(100-82)90(62-28-15-5-16-29-62)74-48-44-70(96-74)87(59-22-9-2-10-23-59)71-45-49-75(97-71)91(63-30-17-6-18-31-63)79-53-57-83(93)101-79/h1-18,20-31,34-57,94,96,99,101H,19,32-33H2. The van der Waals surface area contributed by atoms with Crippen molar-refractivity contribution in [2.24, 2.45) is 0 Å². The van der Waals surface area contributed by atoms with E-state index in [9.17, 15) is 9.59 Å². The Bertz CT molecular complexity index is 5780. The zero-order valence-corrected chi connectivity index (χ0v) is 56.7. The van der Waals surface area contributed by atoms with Crippen LogP contribution in [-0.4, -0.2) is 51.8 Å². The Balaban J connectivity index is 0.630. The molecule has 8 aromatic carbocycles. The predicted molar refractivity (Wildman–Crippen MR) is 426 cm³/mol. The van der Waals surface area contributed by atoms with E-state index in [-0.39, 0.29) is 19.3 Å². The molecule has 0 amide bonds. The van der Waals surface area contributed by atoms with Crippen LogP contribution in [0.1, 0.15) is 64.8 Å². The first-order chi connectivity index (χ1) is 51.8. The number of hydrogen-bond donors (Lipinski definition) is 4. The molecule has 0 atom stereocenters. The second kappa shape index (κ2) is 27.4. The Morgan fingerprint density at radius 3 is 0.571 bits per heavy atom. The number of nitrogens with one attached hydrogen (secondary N) is 4. The van der Waals surface area contributed by atoms with Crippen LogP contribution < -0.4 is 9.47 Å². The molecule has 18 rings (SSSR count). The van der Waals surface area contributed by atoms with Crippen molar-refractivity contribution < 1.29 is 19.1 Å². The molecular formula is C93H64N8O4. The zero-order chi connectivity index (χ0) is 70.2. The number of benzene rings is 8. The lowest BCUT2D eigenvalue weighted by Gasteiger charge is -2.09. The summed E-state index contributed by atoms with van der Waals surface area (Å²) in [5.74, 6) is -0.206. The summed E-state index contributed by atoms with van der Waals surface area (Å²) in [6.07, 6.45) is 16.9. The van der Waals surface area contributed by atoms with E-state index in [2.05, 4.69) is 214 Å². The first-order valence-corrected chi connectivity index (χ1v) is 35.1. The molecule has 0 saturated carbocycles. The lowest BCUT2D eigenvalue weighted by Crippen LogP contribution is -2.11. The van der Waals surface area contributed by atoms with E-state index in [1.54, 1.807) is 24.3 Å². The molecule has 500 valence electrons. The smallest absolute Gasteiger partial charge is 0.311 e. The number of fused-ring (bicyclic) bond motifs is 16. The molecule has 0 spiro atoms. The number of aromatic amines is 4. The number of esters is 2. The number of rotatable bonds is 14. The molecule has 4 N–H and O–H groups in total. The van der Waals surface area contributed by atoms with Crippen LogP contribution in [0.4, 0.5) is 0 Å². The highest BCUT2D eigenvalue weighted by molar-refractivity contribution is 6.03. The van der Waals surface area contributed by atoms with Gasteiger partial charge in [-0.1, -0.05) is 206 Å². The molecule has 0 radical (unpaired) electrons. The van der Waals surface area contributed by atoms with E-state index in [0.717, 1.165) is 179 Å². The molecule has 0 unspecified atom stereocenters. The van der Waals surface area contributed by atoms with Gasteiger partial charge in [-0.3, -0.25) is 9.59 Å². The third kappa shape index (κ3) is 12.5. The number of aromatic nitrogens is 8. The fourth-order valence-electron chi connectivity index (χ4n) is 14.6. The van der Waals surface area contributed by atoms with E-state index >= 15 is 0 Å². The van der Waals surface area contributed by atoms with Gasteiger partial charge < -0.3 is 29.4 Å². The minimum atomic E-state index is -0.471. The van der Waals surface area contributed by atoms with Crippen molar-refractivity contribution in [3.63, 3.8) is 0 Å². The first kappa shape index (κ1) is 63.1. The molecule has 14 aromatic rings. The topological polar surface area (TPSA) is 167 Å². The van der Waals surface area contributed by atoms with Crippen molar-refractivity contribution in [2.75, 3.05) is 0 Å². The summed E-state index contributed by atoms with van der Waals surface area (Å²) < 4.78 is 11.9. The fraction of sp³-hybridized carbons (Fsp3) is 0.0323. The minimum Gasteiger partial charge on any atom is -0.427 e. The van der Waals surface area contributed by atoms with Gasteiger partial charge in [-0.25, -0.2) is 19.9 Å². The van der Waals surface area contributed by atoms with Gasteiger partial charge in [0.25, 0.3) is 0 Å².